The van der Waals surface area contributed by atoms with Crippen LogP contribution < -0.4 is 5.32 Å². The summed E-state index contributed by atoms with van der Waals surface area (Å²) in [6, 6.07) is 0.0886. The minimum absolute atomic E-state index is 0.0886. The van der Waals surface area contributed by atoms with Crippen LogP contribution in [0.4, 0.5) is 4.39 Å². The molecule has 1 fully saturated rings. The third kappa shape index (κ3) is 1.76. The predicted octanol–water partition coefficient (Wildman–Crippen LogP) is 1.79. The summed E-state index contributed by atoms with van der Waals surface area (Å²) < 4.78 is 13.4. The van der Waals surface area contributed by atoms with Gasteiger partial charge in [-0.3, -0.25) is 4.79 Å². The third-order valence-electron chi connectivity index (χ3n) is 2.54. The Morgan fingerprint density at radius 2 is 2.25 bits per heavy atom. The van der Waals surface area contributed by atoms with Gasteiger partial charge in [-0.25, -0.2) is 4.39 Å². The van der Waals surface area contributed by atoms with E-state index in [1.807, 2.05) is 13.8 Å². The first kappa shape index (κ1) is 9.49. The molecule has 1 rings (SSSR count). The van der Waals surface area contributed by atoms with Crippen LogP contribution in [0.3, 0.4) is 0 Å². The first-order chi connectivity index (χ1) is 5.58. The highest BCUT2D eigenvalue weighted by atomic mass is 19.1. The lowest BCUT2D eigenvalue weighted by molar-refractivity contribution is -0.139. The van der Waals surface area contributed by atoms with Gasteiger partial charge in [0.1, 0.15) is 0 Å². The zero-order valence-corrected chi connectivity index (χ0v) is 7.69. The Kier molecular flexibility index (Phi) is 2.70. The maximum Gasteiger partial charge on any atom is 0.257 e. The van der Waals surface area contributed by atoms with Crippen molar-refractivity contribution in [3.05, 3.63) is 0 Å². The summed E-state index contributed by atoms with van der Waals surface area (Å²) in [6.45, 7) is 3.86. The summed E-state index contributed by atoms with van der Waals surface area (Å²) in [5, 5.41) is 2.66. The number of carbonyl (C=O) groups is 1. The van der Waals surface area contributed by atoms with Crippen molar-refractivity contribution in [1.29, 1.82) is 0 Å². The van der Waals surface area contributed by atoms with E-state index in [9.17, 15) is 9.18 Å². The van der Waals surface area contributed by atoms with Crippen LogP contribution in [0.2, 0.25) is 0 Å². The van der Waals surface area contributed by atoms with Crippen LogP contribution in [0.5, 0.6) is 0 Å². The lowest BCUT2D eigenvalue weighted by atomic mass is 9.81. The Hall–Kier alpha value is -0.600. The molecule has 1 aliphatic carbocycles. The molecular formula is C9H16FNO. The Labute approximate surface area is 72.5 Å². The second-order valence-electron chi connectivity index (χ2n) is 3.60. The van der Waals surface area contributed by atoms with Gasteiger partial charge in [0.25, 0.3) is 5.91 Å². The third-order valence-corrected chi connectivity index (χ3v) is 2.54. The quantitative estimate of drug-likeness (QED) is 0.692. The Bertz CT molecular complexity index is 177. The van der Waals surface area contributed by atoms with Crippen LogP contribution in [-0.4, -0.2) is 17.6 Å². The van der Waals surface area contributed by atoms with Crippen molar-refractivity contribution in [2.45, 2.75) is 51.2 Å². The minimum Gasteiger partial charge on any atom is -0.351 e. The van der Waals surface area contributed by atoms with E-state index in [1.54, 1.807) is 0 Å². The lowest BCUT2D eigenvalue weighted by Crippen LogP contribution is -2.50. The van der Waals surface area contributed by atoms with Crippen molar-refractivity contribution in [2.24, 2.45) is 0 Å². The summed E-state index contributed by atoms with van der Waals surface area (Å²) in [4.78, 5) is 11.2. The Morgan fingerprint density at radius 3 is 2.58 bits per heavy atom. The fourth-order valence-electron chi connectivity index (χ4n) is 1.17. The van der Waals surface area contributed by atoms with Crippen molar-refractivity contribution < 1.29 is 9.18 Å². The molecule has 1 aliphatic rings. The molecule has 0 bridgehead atoms. The standard InChI is InChI=1S/C9H16FNO/c1-3-7(2)11-8(12)9(10)5-4-6-9/h7H,3-6H2,1-2H3,(H,11,12). The number of hydrogen-bond acceptors (Lipinski definition) is 1. The summed E-state index contributed by atoms with van der Waals surface area (Å²) in [5.41, 5.74) is -1.54. The highest BCUT2D eigenvalue weighted by Gasteiger charge is 2.44. The van der Waals surface area contributed by atoms with E-state index in [1.165, 1.54) is 0 Å². The number of alkyl halides is 1. The van der Waals surface area contributed by atoms with E-state index in [4.69, 9.17) is 0 Å². The minimum atomic E-state index is -1.54. The zero-order chi connectivity index (χ0) is 9.19. The average Bonchev–Trinajstić information content (AvgIpc) is 1.99. The van der Waals surface area contributed by atoms with Gasteiger partial charge in [-0.1, -0.05) is 6.92 Å². The molecule has 1 N–H and O–H groups in total. The van der Waals surface area contributed by atoms with E-state index < -0.39 is 11.6 Å². The lowest BCUT2D eigenvalue weighted by Gasteiger charge is -2.33. The van der Waals surface area contributed by atoms with Crippen LogP contribution in [0.25, 0.3) is 0 Å². The van der Waals surface area contributed by atoms with Crippen LogP contribution in [-0.2, 0) is 4.79 Å². The summed E-state index contributed by atoms with van der Waals surface area (Å²) in [5.74, 6) is -0.414. The normalized spacial score (nSPS) is 22.6. The Balaban J connectivity index is 2.37. The molecule has 0 heterocycles. The molecule has 12 heavy (non-hydrogen) atoms. The summed E-state index contributed by atoms with van der Waals surface area (Å²) >= 11 is 0. The number of hydrogen-bond donors (Lipinski definition) is 1. The first-order valence-corrected chi connectivity index (χ1v) is 4.58. The van der Waals surface area contributed by atoms with Crippen LogP contribution in [0.15, 0.2) is 0 Å². The summed E-state index contributed by atoms with van der Waals surface area (Å²) in [6.07, 6.45) is 2.48. The number of amides is 1. The van der Waals surface area contributed by atoms with Crippen LogP contribution >= 0.6 is 0 Å². The fraction of sp³-hybridized carbons (Fsp3) is 0.889. The molecule has 1 saturated carbocycles. The molecule has 3 heteroatoms. The van der Waals surface area contributed by atoms with Gasteiger partial charge in [0.15, 0.2) is 5.67 Å². The molecular weight excluding hydrogens is 157 g/mol. The van der Waals surface area contributed by atoms with Gasteiger partial charge in [-0.05, 0) is 32.6 Å². The van der Waals surface area contributed by atoms with Crippen LogP contribution in [0, 0.1) is 0 Å². The molecule has 1 unspecified atom stereocenters. The SMILES string of the molecule is CCC(C)NC(=O)C1(F)CCC1. The average molecular weight is 173 g/mol. The van der Waals surface area contributed by atoms with Crippen molar-refractivity contribution in [3.63, 3.8) is 0 Å². The predicted molar refractivity (Wildman–Crippen MR) is 45.6 cm³/mol. The van der Waals surface area contributed by atoms with Gasteiger partial charge in [-0.15, -0.1) is 0 Å². The molecule has 0 aromatic rings. The largest absolute Gasteiger partial charge is 0.351 e. The van der Waals surface area contributed by atoms with Gasteiger partial charge in [0.2, 0.25) is 0 Å². The van der Waals surface area contributed by atoms with Gasteiger partial charge in [0, 0.05) is 6.04 Å². The zero-order valence-electron chi connectivity index (χ0n) is 7.69. The molecule has 70 valence electrons. The van der Waals surface area contributed by atoms with E-state index in [2.05, 4.69) is 5.32 Å². The smallest absolute Gasteiger partial charge is 0.257 e. The van der Waals surface area contributed by atoms with Gasteiger partial charge < -0.3 is 5.32 Å². The fourth-order valence-corrected chi connectivity index (χ4v) is 1.17. The molecule has 0 aliphatic heterocycles. The van der Waals surface area contributed by atoms with Crippen LogP contribution in [0.1, 0.15) is 39.5 Å². The maximum atomic E-state index is 13.4. The maximum absolute atomic E-state index is 13.4. The number of rotatable bonds is 3. The molecule has 0 saturated heterocycles. The molecule has 0 aromatic heterocycles. The van der Waals surface area contributed by atoms with E-state index in [-0.39, 0.29) is 6.04 Å². The number of carbonyl (C=O) groups excluding carboxylic acids is 1. The van der Waals surface area contributed by atoms with E-state index in [0.717, 1.165) is 12.8 Å². The van der Waals surface area contributed by atoms with Crippen molar-refractivity contribution in [3.8, 4) is 0 Å². The Morgan fingerprint density at radius 1 is 1.67 bits per heavy atom. The van der Waals surface area contributed by atoms with Crippen molar-refractivity contribution in [2.75, 3.05) is 0 Å². The van der Waals surface area contributed by atoms with Gasteiger partial charge in [-0.2, -0.15) is 0 Å². The van der Waals surface area contributed by atoms with Crippen molar-refractivity contribution in [1.82, 2.24) is 5.32 Å². The summed E-state index contributed by atoms with van der Waals surface area (Å²) in [7, 11) is 0. The molecule has 1 atom stereocenters. The molecule has 0 aromatic carbocycles. The van der Waals surface area contributed by atoms with Crippen molar-refractivity contribution >= 4 is 5.91 Å². The highest BCUT2D eigenvalue weighted by Crippen LogP contribution is 2.35. The van der Waals surface area contributed by atoms with Gasteiger partial charge in [0.05, 0.1) is 0 Å². The first-order valence-electron chi connectivity index (χ1n) is 4.58. The highest BCUT2D eigenvalue weighted by molar-refractivity contribution is 5.86. The molecule has 0 radical (unpaired) electrons. The second kappa shape index (κ2) is 3.42. The number of halogens is 1. The van der Waals surface area contributed by atoms with E-state index >= 15 is 0 Å². The monoisotopic (exact) mass is 173 g/mol. The number of nitrogens with one attached hydrogen (secondary N) is 1. The van der Waals surface area contributed by atoms with E-state index in [0.29, 0.717) is 12.8 Å². The molecule has 2 nitrogen and oxygen atoms in total. The van der Waals surface area contributed by atoms with Gasteiger partial charge >= 0.3 is 0 Å². The molecule has 1 amide bonds. The topological polar surface area (TPSA) is 29.1 Å². The molecule has 0 spiro atoms. The second-order valence-corrected chi connectivity index (χ2v) is 3.60.